The molecule has 0 unspecified atom stereocenters. The van der Waals surface area contributed by atoms with Crippen molar-refractivity contribution in [1.82, 2.24) is 30.0 Å². The average molecular weight is 526 g/mol. The number of carbonyl (C=O) groups excluding carboxylic acids is 1. The van der Waals surface area contributed by atoms with Gasteiger partial charge in [-0.1, -0.05) is 18.2 Å². The number of rotatable bonds is 7. The zero-order valence-electron chi connectivity index (χ0n) is 21.0. The molecule has 1 saturated carbocycles. The van der Waals surface area contributed by atoms with E-state index >= 15 is 0 Å². The van der Waals surface area contributed by atoms with Crippen LogP contribution in [-0.2, 0) is 0 Å². The van der Waals surface area contributed by atoms with E-state index in [2.05, 4.69) is 25.5 Å². The van der Waals surface area contributed by atoms with Gasteiger partial charge in [-0.2, -0.15) is 4.73 Å². The fraction of sp³-hybridized carbons (Fsp3) is 0.214. The van der Waals surface area contributed by atoms with Crippen LogP contribution >= 0.6 is 0 Å². The van der Waals surface area contributed by atoms with E-state index in [-0.39, 0.29) is 17.9 Å². The number of ether oxygens (including phenoxy) is 1. The van der Waals surface area contributed by atoms with E-state index in [4.69, 9.17) is 4.74 Å². The summed E-state index contributed by atoms with van der Waals surface area (Å²) in [6.45, 7) is 2.41. The highest BCUT2D eigenvalue weighted by Gasteiger charge is 2.37. The van der Waals surface area contributed by atoms with Crippen LogP contribution in [0.25, 0.3) is 28.2 Å². The molecule has 2 aromatic carbocycles. The molecule has 1 N–H and O–H groups in total. The van der Waals surface area contributed by atoms with Gasteiger partial charge in [0.2, 0.25) is 5.52 Å². The maximum atomic E-state index is 15.0. The summed E-state index contributed by atoms with van der Waals surface area (Å²) in [4.78, 5) is 21.7. The Kier molecular flexibility index (Phi) is 6.31. The van der Waals surface area contributed by atoms with E-state index in [0.29, 0.717) is 69.6 Å². The Hall–Kier alpha value is -4.93. The number of nitrogens with one attached hydrogen (secondary N) is 1. The third-order valence-corrected chi connectivity index (χ3v) is 6.80. The standard InChI is InChI=1S/C28H24FN7O3/c1-2-39-19-10-11-22(31-16-19)27-34-33-26(36(27)23-8-4-3-7-21(23)29)17-14-18(15-17)32-28(37)20-6-5-9-24-25(20)30-12-13-35(24)38/h3-13,16-18H,2,14-15H2,1H3,(H,32,37). The molecule has 5 aromatic rings. The summed E-state index contributed by atoms with van der Waals surface area (Å²) < 4.78 is 22.8. The van der Waals surface area contributed by atoms with E-state index < -0.39 is 5.82 Å². The third-order valence-electron chi connectivity index (χ3n) is 6.80. The highest BCUT2D eigenvalue weighted by atomic mass is 19.1. The highest BCUT2D eigenvalue weighted by molar-refractivity contribution is 6.04. The van der Waals surface area contributed by atoms with E-state index in [1.165, 1.54) is 18.5 Å². The number of nitrogens with zero attached hydrogens (tertiary/aromatic N) is 6. The number of halogens is 1. The summed E-state index contributed by atoms with van der Waals surface area (Å²) in [5.41, 5.74) is 1.85. The first kappa shape index (κ1) is 24.4. The van der Waals surface area contributed by atoms with Gasteiger partial charge in [0.05, 0.1) is 30.3 Å². The molecular formula is C28H24FN7O3. The van der Waals surface area contributed by atoms with E-state index in [9.17, 15) is 14.4 Å². The van der Waals surface area contributed by atoms with Gasteiger partial charge in [0.15, 0.2) is 12.0 Å². The van der Waals surface area contributed by atoms with Crippen molar-refractivity contribution >= 4 is 16.9 Å². The first-order valence-corrected chi connectivity index (χ1v) is 12.6. The molecule has 0 aliphatic heterocycles. The number of carbonyl (C=O) groups is 1. The fourth-order valence-electron chi connectivity index (χ4n) is 4.85. The SMILES string of the molecule is CCOc1ccc(-c2nnc(C3CC(NC(=O)c4cccc5c4ncc[n+]5[O-])C3)n2-c2ccccc2F)nc1. The van der Waals surface area contributed by atoms with Crippen LogP contribution < -0.4 is 14.8 Å². The van der Waals surface area contributed by atoms with Gasteiger partial charge in [0, 0.05) is 18.0 Å². The molecule has 0 atom stereocenters. The number of aromatic nitrogens is 6. The molecule has 0 saturated heterocycles. The summed E-state index contributed by atoms with van der Waals surface area (Å²) >= 11 is 0. The van der Waals surface area contributed by atoms with Crippen LogP contribution in [-0.4, -0.2) is 43.3 Å². The second-order valence-electron chi connectivity index (χ2n) is 9.25. The van der Waals surface area contributed by atoms with Crippen LogP contribution in [0, 0.1) is 11.0 Å². The monoisotopic (exact) mass is 525 g/mol. The Morgan fingerprint density at radius 1 is 1.13 bits per heavy atom. The minimum absolute atomic E-state index is 0.0618. The number of amides is 1. The summed E-state index contributed by atoms with van der Waals surface area (Å²) in [7, 11) is 0. The van der Waals surface area contributed by atoms with Crippen molar-refractivity contribution < 1.29 is 18.7 Å². The smallest absolute Gasteiger partial charge is 0.253 e. The second-order valence-corrected chi connectivity index (χ2v) is 9.25. The predicted octanol–water partition coefficient (Wildman–Crippen LogP) is 3.72. The van der Waals surface area contributed by atoms with Gasteiger partial charge >= 0.3 is 0 Å². The Morgan fingerprint density at radius 3 is 2.74 bits per heavy atom. The molecule has 3 heterocycles. The van der Waals surface area contributed by atoms with Gasteiger partial charge in [-0.05, 0) is 50.1 Å². The molecule has 1 aliphatic carbocycles. The molecule has 10 nitrogen and oxygen atoms in total. The number of fused-ring (bicyclic) bond motifs is 1. The van der Waals surface area contributed by atoms with Crippen molar-refractivity contribution in [3.8, 4) is 23.0 Å². The van der Waals surface area contributed by atoms with Crippen LogP contribution in [0.2, 0.25) is 0 Å². The average Bonchev–Trinajstić information content (AvgIpc) is 3.35. The number of pyridine rings is 1. The normalized spacial score (nSPS) is 16.6. The number of para-hydroxylation sites is 2. The quantitative estimate of drug-likeness (QED) is 0.254. The lowest BCUT2D eigenvalue weighted by molar-refractivity contribution is -0.577. The van der Waals surface area contributed by atoms with Crippen molar-refractivity contribution in [2.24, 2.45) is 0 Å². The molecule has 39 heavy (non-hydrogen) atoms. The Morgan fingerprint density at radius 2 is 1.97 bits per heavy atom. The lowest BCUT2D eigenvalue weighted by Crippen LogP contribution is -2.44. The number of benzene rings is 2. The first-order chi connectivity index (χ1) is 19.0. The maximum Gasteiger partial charge on any atom is 0.253 e. The van der Waals surface area contributed by atoms with Crippen LogP contribution in [0.15, 0.2) is 73.2 Å². The Balaban J connectivity index is 1.25. The Labute approximate surface area is 222 Å². The summed E-state index contributed by atoms with van der Waals surface area (Å²) in [6.07, 6.45) is 5.45. The molecule has 0 spiro atoms. The predicted molar refractivity (Wildman–Crippen MR) is 140 cm³/mol. The molecule has 1 amide bonds. The Bertz CT molecular complexity index is 1670. The minimum atomic E-state index is -0.408. The molecule has 0 radical (unpaired) electrons. The van der Waals surface area contributed by atoms with E-state index in [1.54, 1.807) is 59.3 Å². The summed E-state index contributed by atoms with van der Waals surface area (Å²) in [5, 5.41) is 23.9. The lowest BCUT2D eigenvalue weighted by atomic mass is 9.79. The molecular weight excluding hydrogens is 501 g/mol. The van der Waals surface area contributed by atoms with Crippen molar-refractivity contribution in [3.05, 3.63) is 95.6 Å². The second kappa shape index (κ2) is 10.1. The third kappa shape index (κ3) is 4.52. The molecule has 196 valence electrons. The summed E-state index contributed by atoms with van der Waals surface area (Å²) in [6, 6.07) is 14.8. The van der Waals surface area contributed by atoms with Gasteiger partial charge in [-0.25, -0.2) is 14.4 Å². The van der Waals surface area contributed by atoms with Crippen LogP contribution in [0.4, 0.5) is 4.39 Å². The van der Waals surface area contributed by atoms with Crippen molar-refractivity contribution in [2.45, 2.75) is 31.7 Å². The first-order valence-electron chi connectivity index (χ1n) is 12.6. The largest absolute Gasteiger partial charge is 0.618 e. The molecule has 0 bridgehead atoms. The number of hydrogen-bond acceptors (Lipinski definition) is 7. The molecule has 6 rings (SSSR count). The van der Waals surface area contributed by atoms with Gasteiger partial charge in [-0.3, -0.25) is 9.36 Å². The fourth-order valence-corrected chi connectivity index (χ4v) is 4.85. The summed E-state index contributed by atoms with van der Waals surface area (Å²) in [5.74, 6) is 0.858. The van der Waals surface area contributed by atoms with Gasteiger partial charge in [0.25, 0.3) is 5.91 Å². The molecule has 1 fully saturated rings. The zero-order chi connectivity index (χ0) is 26.9. The molecule has 11 heteroatoms. The van der Waals surface area contributed by atoms with Crippen LogP contribution in [0.3, 0.4) is 0 Å². The molecule has 3 aromatic heterocycles. The topological polar surface area (TPSA) is 122 Å². The number of hydrogen-bond donors (Lipinski definition) is 1. The van der Waals surface area contributed by atoms with Crippen LogP contribution in [0.5, 0.6) is 5.75 Å². The van der Waals surface area contributed by atoms with Crippen LogP contribution in [0.1, 0.15) is 41.9 Å². The van der Waals surface area contributed by atoms with E-state index in [0.717, 1.165) is 0 Å². The maximum absolute atomic E-state index is 15.0. The van der Waals surface area contributed by atoms with Crippen molar-refractivity contribution in [3.63, 3.8) is 0 Å². The zero-order valence-corrected chi connectivity index (χ0v) is 21.0. The van der Waals surface area contributed by atoms with Crippen molar-refractivity contribution in [2.75, 3.05) is 6.61 Å². The van der Waals surface area contributed by atoms with E-state index in [1.807, 2.05) is 6.92 Å². The highest BCUT2D eigenvalue weighted by Crippen LogP contribution is 2.39. The minimum Gasteiger partial charge on any atom is -0.618 e. The van der Waals surface area contributed by atoms with Crippen molar-refractivity contribution in [1.29, 1.82) is 0 Å². The van der Waals surface area contributed by atoms with Gasteiger partial charge in [-0.15, -0.1) is 10.2 Å². The van der Waals surface area contributed by atoms with Gasteiger partial charge < -0.3 is 15.3 Å². The van der Waals surface area contributed by atoms with Gasteiger partial charge in [0.1, 0.15) is 28.6 Å². The lowest BCUT2D eigenvalue weighted by Gasteiger charge is -2.35. The molecule has 1 aliphatic rings.